The number of amides is 1. The highest BCUT2D eigenvalue weighted by atomic mass is 16.2. The van der Waals surface area contributed by atoms with Crippen LogP contribution in [0.15, 0.2) is 43.0 Å². The van der Waals surface area contributed by atoms with Crippen molar-refractivity contribution in [3.63, 3.8) is 0 Å². The minimum Gasteiger partial charge on any atom is -0.338 e. The number of carbonyl (C=O) groups excluding carboxylic acids is 1. The summed E-state index contributed by atoms with van der Waals surface area (Å²) < 4.78 is 1.74. The molecule has 1 saturated heterocycles. The molecular formula is C20H27N5O. The maximum Gasteiger partial charge on any atom is 0.246 e. The molecule has 0 spiro atoms. The lowest BCUT2D eigenvalue weighted by molar-refractivity contribution is -0.128. The molecule has 0 saturated carbocycles. The summed E-state index contributed by atoms with van der Waals surface area (Å²) >= 11 is 0. The number of rotatable bonds is 6. The van der Waals surface area contributed by atoms with Crippen molar-refractivity contribution in [2.75, 3.05) is 19.6 Å². The van der Waals surface area contributed by atoms with Gasteiger partial charge in [0, 0.05) is 63.0 Å². The third-order valence-corrected chi connectivity index (χ3v) is 4.91. The van der Waals surface area contributed by atoms with E-state index in [9.17, 15) is 4.79 Å². The molecule has 2 aromatic heterocycles. The molecule has 1 unspecified atom stereocenters. The van der Waals surface area contributed by atoms with E-state index in [-0.39, 0.29) is 5.91 Å². The van der Waals surface area contributed by atoms with Gasteiger partial charge >= 0.3 is 0 Å². The molecule has 0 bridgehead atoms. The van der Waals surface area contributed by atoms with Crippen LogP contribution in [-0.2, 0) is 18.4 Å². The van der Waals surface area contributed by atoms with Crippen LogP contribution >= 0.6 is 0 Å². The Balaban J connectivity index is 1.60. The van der Waals surface area contributed by atoms with E-state index in [0.29, 0.717) is 6.04 Å². The second-order valence-electron chi connectivity index (χ2n) is 6.78. The van der Waals surface area contributed by atoms with E-state index in [1.54, 1.807) is 17.0 Å². The van der Waals surface area contributed by atoms with Crippen LogP contribution in [0.1, 0.15) is 30.9 Å². The molecule has 3 heterocycles. The summed E-state index contributed by atoms with van der Waals surface area (Å²) in [4.78, 5) is 21.1. The number of carbonyl (C=O) groups is 1. The van der Waals surface area contributed by atoms with Crippen molar-refractivity contribution in [1.29, 1.82) is 0 Å². The van der Waals surface area contributed by atoms with Gasteiger partial charge in [-0.25, -0.2) is 0 Å². The average molecular weight is 353 g/mol. The molecule has 0 N–H and O–H groups in total. The first-order valence-electron chi connectivity index (χ1n) is 9.24. The molecule has 0 aliphatic carbocycles. The predicted octanol–water partition coefficient (Wildman–Crippen LogP) is 2.34. The number of likely N-dealkylation sites (N-methyl/N-ethyl adjacent to an activating group) is 1. The molecule has 1 aliphatic rings. The highest BCUT2D eigenvalue weighted by Crippen LogP contribution is 2.18. The number of hydrogen-bond acceptors (Lipinski definition) is 4. The number of hydrogen-bond donors (Lipinski definition) is 0. The predicted molar refractivity (Wildman–Crippen MR) is 102 cm³/mol. The van der Waals surface area contributed by atoms with E-state index in [4.69, 9.17) is 0 Å². The number of pyridine rings is 1. The Morgan fingerprint density at radius 3 is 2.88 bits per heavy atom. The Hall–Kier alpha value is -2.47. The standard InChI is InChI=1S/C20H27N5O/c1-3-24(15-17-8-10-21-11-9-17)19-5-4-12-25(16-19)20(26)7-6-18-13-22-23(2)14-18/h6-11,13-14,19H,3-5,12,15-16H2,1-2H3/b7-6+. The fourth-order valence-corrected chi connectivity index (χ4v) is 3.47. The number of aromatic nitrogens is 3. The van der Waals surface area contributed by atoms with Gasteiger partial charge in [0.15, 0.2) is 0 Å². The van der Waals surface area contributed by atoms with Crippen LogP contribution in [0.5, 0.6) is 0 Å². The molecule has 0 aromatic carbocycles. The van der Waals surface area contributed by atoms with Crippen molar-refractivity contribution in [3.05, 3.63) is 54.1 Å². The lowest BCUT2D eigenvalue weighted by Crippen LogP contribution is -2.49. The smallest absolute Gasteiger partial charge is 0.246 e. The third kappa shape index (κ3) is 4.79. The maximum absolute atomic E-state index is 12.6. The molecule has 138 valence electrons. The summed E-state index contributed by atoms with van der Waals surface area (Å²) in [5.74, 6) is 0.0820. The summed E-state index contributed by atoms with van der Waals surface area (Å²) in [5, 5.41) is 4.12. The van der Waals surface area contributed by atoms with Gasteiger partial charge in [0.1, 0.15) is 0 Å². The highest BCUT2D eigenvalue weighted by molar-refractivity contribution is 5.91. The second-order valence-corrected chi connectivity index (χ2v) is 6.78. The molecule has 1 amide bonds. The van der Waals surface area contributed by atoms with Gasteiger partial charge in [-0.05, 0) is 43.2 Å². The number of nitrogens with zero attached hydrogens (tertiary/aromatic N) is 5. The first kappa shape index (κ1) is 18.3. The Labute approximate surface area is 155 Å². The van der Waals surface area contributed by atoms with Crippen LogP contribution in [0.3, 0.4) is 0 Å². The van der Waals surface area contributed by atoms with E-state index in [1.807, 2.05) is 36.6 Å². The van der Waals surface area contributed by atoms with Crippen LogP contribution in [0, 0.1) is 0 Å². The van der Waals surface area contributed by atoms with Crippen LogP contribution in [-0.4, -0.2) is 56.1 Å². The average Bonchev–Trinajstić information content (AvgIpc) is 3.10. The normalized spacial score (nSPS) is 18.0. The van der Waals surface area contributed by atoms with Gasteiger partial charge < -0.3 is 4.90 Å². The topological polar surface area (TPSA) is 54.3 Å². The number of piperidine rings is 1. The molecule has 1 atom stereocenters. The fourth-order valence-electron chi connectivity index (χ4n) is 3.47. The van der Waals surface area contributed by atoms with Crippen LogP contribution in [0.25, 0.3) is 6.08 Å². The summed E-state index contributed by atoms with van der Waals surface area (Å²) in [6.45, 7) is 5.68. The van der Waals surface area contributed by atoms with E-state index in [2.05, 4.69) is 34.0 Å². The second kappa shape index (κ2) is 8.76. The summed E-state index contributed by atoms with van der Waals surface area (Å²) in [6, 6.07) is 4.52. The molecule has 2 aromatic rings. The minimum absolute atomic E-state index is 0.0820. The summed E-state index contributed by atoms with van der Waals surface area (Å²) in [7, 11) is 1.87. The summed E-state index contributed by atoms with van der Waals surface area (Å²) in [6.07, 6.45) is 13.0. The van der Waals surface area contributed by atoms with Gasteiger partial charge in [0.2, 0.25) is 5.91 Å². The molecular weight excluding hydrogens is 326 g/mol. The molecule has 3 rings (SSSR count). The van der Waals surface area contributed by atoms with Gasteiger partial charge in [-0.1, -0.05) is 6.92 Å². The molecule has 0 radical (unpaired) electrons. The van der Waals surface area contributed by atoms with Gasteiger partial charge in [-0.2, -0.15) is 5.10 Å². The molecule has 6 nitrogen and oxygen atoms in total. The first-order valence-corrected chi connectivity index (χ1v) is 9.24. The zero-order chi connectivity index (χ0) is 18.4. The van der Waals surface area contributed by atoms with Crippen molar-refractivity contribution in [2.45, 2.75) is 32.4 Å². The van der Waals surface area contributed by atoms with Crippen molar-refractivity contribution in [3.8, 4) is 0 Å². The van der Waals surface area contributed by atoms with Gasteiger partial charge in [0.25, 0.3) is 0 Å². The van der Waals surface area contributed by atoms with Crippen LogP contribution < -0.4 is 0 Å². The Morgan fingerprint density at radius 2 is 2.19 bits per heavy atom. The molecule has 1 aliphatic heterocycles. The Morgan fingerprint density at radius 1 is 1.38 bits per heavy atom. The van der Waals surface area contributed by atoms with E-state index in [1.165, 1.54) is 5.56 Å². The minimum atomic E-state index is 0.0820. The number of likely N-dealkylation sites (tertiary alicyclic amines) is 1. The van der Waals surface area contributed by atoms with Gasteiger partial charge in [0.05, 0.1) is 6.20 Å². The van der Waals surface area contributed by atoms with Gasteiger partial charge in [-0.15, -0.1) is 0 Å². The SMILES string of the molecule is CCN(Cc1ccncc1)C1CCCN(C(=O)/C=C/c2cnn(C)c2)C1. The van der Waals surface area contributed by atoms with E-state index in [0.717, 1.165) is 44.6 Å². The fraction of sp³-hybridized carbons (Fsp3) is 0.450. The van der Waals surface area contributed by atoms with Crippen molar-refractivity contribution in [2.24, 2.45) is 7.05 Å². The Kier molecular flexibility index (Phi) is 6.17. The summed E-state index contributed by atoms with van der Waals surface area (Å²) in [5.41, 5.74) is 2.21. The maximum atomic E-state index is 12.6. The third-order valence-electron chi connectivity index (χ3n) is 4.91. The monoisotopic (exact) mass is 353 g/mol. The zero-order valence-corrected chi connectivity index (χ0v) is 15.6. The van der Waals surface area contributed by atoms with Crippen molar-refractivity contribution >= 4 is 12.0 Å². The van der Waals surface area contributed by atoms with E-state index >= 15 is 0 Å². The lowest BCUT2D eigenvalue weighted by atomic mass is 10.0. The largest absolute Gasteiger partial charge is 0.338 e. The van der Waals surface area contributed by atoms with Crippen molar-refractivity contribution < 1.29 is 4.79 Å². The Bertz CT molecular complexity index is 740. The lowest BCUT2D eigenvalue weighted by Gasteiger charge is -2.38. The number of aryl methyl sites for hydroxylation is 1. The quantitative estimate of drug-likeness (QED) is 0.748. The first-order chi connectivity index (χ1) is 12.7. The van der Waals surface area contributed by atoms with E-state index < -0.39 is 0 Å². The zero-order valence-electron chi connectivity index (χ0n) is 15.6. The van der Waals surface area contributed by atoms with Crippen molar-refractivity contribution in [1.82, 2.24) is 24.6 Å². The molecule has 26 heavy (non-hydrogen) atoms. The molecule has 6 heteroatoms. The molecule has 1 fully saturated rings. The highest BCUT2D eigenvalue weighted by Gasteiger charge is 2.26. The van der Waals surface area contributed by atoms with Crippen LogP contribution in [0.4, 0.5) is 0 Å². The van der Waals surface area contributed by atoms with Crippen LogP contribution in [0.2, 0.25) is 0 Å². The van der Waals surface area contributed by atoms with Gasteiger partial charge in [-0.3, -0.25) is 19.4 Å².